The highest BCUT2D eigenvalue weighted by molar-refractivity contribution is 6.08. The average molecular weight is 390 g/mol. The van der Waals surface area contributed by atoms with Crippen LogP contribution in [0.4, 0.5) is 8.78 Å². The van der Waals surface area contributed by atoms with Gasteiger partial charge in [0.2, 0.25) is 0 Å². The molecule has 1 aliphatic heterocycles. The maximum atomic E-state index is 13.2. The Labute approximate surface area is 160 Å². The summed E-state index contributed by atoms with van der Waals surface area (Å²) in [7, 11) is 3.07. The molecule has 2 heterocycles. The molecular formula is C19H20F2N4O3. The predicted octanol–water partition coefficient (Wildman–Crippen LogP) is 2.17. The summed E-state index contributed by atoms with van der Waals surface area (Å²) >= 11 is 0. The molecule has 0 bridgehead atoms. The number of rotatable bonds is 6. The van der Waals surface area contributed by atoms with Crippen LogP contribution in [0.15, 0.2) is 41.5 Å². The SMILES string of the molecule is COCc1cc(C2(c3ccc(OC(F)F)c(C)c3)N=C(N)N(C)C2=O)ccn1. The number of hydrogen-bond acceptors (Lipinski definition) is 6. The summed E-state index contributed by atoms with van der Waals surface area (Å²) in [6, 6.07) is 7.92. The van der Waals surface area contributed by atoms with Gasteiger partial charge in [0, 0.05) is 20.4 Å². The minimum atomic E-state index is -2.94. The number of likely N-dealkylation sites (N-methyl/N-ethyl adjacent to an activating group) is 1. The fourth-order valence-electron chi connectivity index (χ4n) is 3.22. The third kappa shape index (κ3) is 3.29. The number of nitrogens with two attached hydrogens (primary N) is 1. The van der Waals surface area contributed by atoms with Gasteiger partial charge in [0.05, 0.1) is 12.3 Å². The van der Waals surface area contributed by atoms with E-state index in [0.717, 1.165) is 0 Å². The van der Waals surface area contributed by atoms with Crippen LogP contribution in [-0.2, 0) is 21.7 Å². The van der Waals surface area contributed by atoms with Crippen molar-refractivity contribution in [2.24, 2.45) is 10.7 Å². The molecule has 1 aromatic carbocycles. The molecule has 0 aliphatic carbocycles. The van der Waals surface area contributed by atoms with E-state index in [0.29, 0.717) is 22.4 Å². The van der Waals surface area contributed by atoms with Crippen LogP contribution < -0.4 is 10.5 Å². The number of pyridine rings is 1. The van der Waals surface area contributed by atoms with Crippen molar-refractivity contribution in [1.82, 2.24) is 9.88 Å². The van der Waals surface area contributed by atoms with Crippen molar-refractivity contribution in [1.29, 1.82) is 0 Å². The number of aryl methyl sites for hydroxylation is 1. The lowest BCUT2D eigenvalue weighted by atomic mass is 9.82. The number of hydrogen-bond donors (Lipinski definition) is 1. The molecule has 0 saturated carbocycles. The fraction of sp³-hybridized carbons (Fsp3) is 0.316. The number of carbonyl (C=O) groups is 1. The van der Waals surface area contributed by atoms with E-state index < -0.39 is 12.2 Å². The van der Waals surface area contributed by atoms with Crippen molar-refractivity contribution in [2.45, 2.75) is 25.7 Å². The highest BCUT2D eigenvalue weighted by atomic mass is 19.3. The summed E-state index contributed by atoms with van der Waals surface area (Å²) < 4.78 is 34.8. The lowest BCUT2D eigenvalue weighted by molar-refractivity contribution is -0.129. The lowest BCUT2D eigenvalue weighted by Gasteiger charge is -2.27. The van der Waals surface area contributed by atoms with Gasteiger partial charge in [-0.2, -0.15) is 8.78 Å². The molecule has 1 atom stereocenters. The Morgan fingerprint density at radius 2 is 1.96 bits per heavy atom. The molecule has 2 N–H and O–H groups in total. The van der Waals surface area contributed by atoms with Crippen LogP contribution >= 0.6 is 0 Å². The molecule has 2 aromatic rings. The number of guanidine groups is 1. The third-order valence-electron chi connectivity index (χ3n) is 4.58. The van der Waals surface area contributed by atoms with Gasteiger partial charge in [-0.1, -0.05) is 6.07 Å². The van der Waals surface area contributed by atoms with E-state index in [9.17, 15) is 13.6 Å². The Kier molecular flexibility index (Phi) is 5.28. The molecule has 1 unspecified atom stereocenters. The molecule has 0 saturated heterocycles. The van der Waals surface area contributed by atoms with E-state index in [1.807, 2.05) is 0 Å². The Morgan fingerprint density at radius 1 is 1.25 bits per heavy atom. The van der Waals surface area contributed by atoms with E-state index in [1.165, 1.54) is 24.1 Å². The van der Waals surface area contributed by atoms with Crippen LogP contribution in [-0.4, -0.2) is 42.5 Å². The predicted molar refractivity (Wildman–Crippen MR) is 97.9 cm³/mol. The minimum absolute atomic E-state index is 0.0273. The van der Waals surface area contributed by atoms with Gasteiger partial charge in [0.15, 0.2) is 11.5 Å². The highest BCUT2D eigenvalue weighted by Gasteiger charge is 2.49. The first-order valence-corrected chi connectivity index (χ1v) is 8.43. The summed E-state index contributed by atoms with van der Waals surface area (Å²) in [6.07, 6.45) is 1.56. The van der Waals surface area contributed by atoms with Gasteiger partial charge < -0.3 is 15.2 Å². The van der Waals surface area contributed by atoms with Crippen molar-refractivity contribution in [2.75, 3.05) is 14.2 Å². The average Bonchev–Trinajstić information content (AvgIpc) is 2.88. The first-order chi connectivity index (χ1) is 13.3. The summed E-state index contributed by atoms with van der Waals surface area (Å²) in [5.74, 6) is -0.276. The van der Waals surface area contributed by atoms with E-state index in [4.69, 9.17) is 10.5 Å². The van der Waals surface area contributed by atoms with E-state index in [-0.39, 0.29) is 24.2 Å². The molecule has 3 rings (SSSR count). The second-order valence-corrected chi connectivity index (χ2v) is 6.37. The number of aliphatic imine (C=N–C) groups is 1. The fourth-order valence-corrected chi connectivity index (χ4v) is 3.22. The topological polar surface area (TPSA) is 90.0 Å². The zero-order valence-electron chi connectivity index (χ0n) is 15.6. The number of benzene rings is 1. The molecule has 1 aliphatic rings. The van der Waals surface area contributed by atoms with Crippen LogP contribution in [0.2, 0.25) is 0 Å². The second-order valence-electron chi connectivity index (χ2n) is 6.37. The zero-order valence-corrected chi connectivity index (χ0v) is 15.6. The number of aromatic nitrogens is 1. The zero-order chi connectivity index (χ0) is 20.5. The number of nitrogens with zero attached hydrogens (tertiary/aromatic N) is 3. The first kappa shape index (κ1) is 19.7. The van der Waals surface area contributed by atoms with Gasteiger partial charge in [-0.05, 0) is 47.9 Å². The lowest BCUT2D eigenvalue weighted by Crippen LogP contribution is -2.41. The Balaban J connectivity index is 2.18. The molecule has 0 fully saturated rings. The number of carbonyl (C=O) groups excluding carboxylic acids is 1. The summed E-state index contributed by atoms with van der Waals surface area (Å²) in [5.41, 5.74) is 6.59. The van der Waals surface area contributed by atoms with Crippen LogP contribution in [0, 0.1) is 6.92 Å². The standard InChI is InChI=1S/C19H20F2N4O3/c1-11-8-12(4-5-15(11)28-17(20)21)19(16(26)25(2)18(22)24-19)13-6-7-23-14(9-13)10-27-3/h4-9,17H,10H2,1-3H3,(H2,22,24). The number of alkyl halides is 2. The molecule has 0 spiro atoms. The Morgan fingerprint density at radius 3 is 2.54 bits per heavy atom. The van der Waals surface area contributed by atoms with Crippen molar-refractivity contribution < 1.29 is 23.0 Å². The number of halogens is 2. The third-order valence-corrected chi connectivity index (χ3v) is 4.58. The van der Waals surface area contributed by atoms with Crippen LogP contribution in [0.3, 0.4) is 0 Å². The van der Waals surface area contributed by atoms with Gasteiger partial charge in [-0.3, -0.25) is 14.7 Å². The minimum Gasteiger partial charge on any atom is -0.435 e. The summed E-state index contributed by atoms with van der Waals surface area (Å²) in [6.45, 7) is -1.07. The van der Waals surface area contributed by atoms with Crippen molar-refractivity contribution in [3.05, 3.63) is 58.9 Å². The molecule has 1 aromatic heterocycles. The highest BCUT2D eigenvalue weighted by Crippen LogP contribution is 2.40. The second kappa shape index (κ2) is 7.51. The Bertz CT molecular complexity index is 935. The normalized spacial score (nSPS) is 19.3. The van der Waals surface area contributed by atoms with Gasteiger partial charge in [0.25, 0.3) is 5.91 Å². The van der Waals surface area contributed by atoms with Gasteiger partial charge in [-0.15, -0.1) is 0 Å². The van der Waals surface area contributed by atoms with Gasteiger partial charge in [-0.25, -0.2) is 4.99 Å². The van der Waals surface area contributed by atoms with Crippen molar-refractivity contribution >= 4 is 11.9 Å². The smallest absolute Gasteiger partial charge is 0.387 e. The molecule has 148 valence electrons. The van der Waals surface area contributed by atoms with Crippen LogP contribution in [0.1, 0.15) is 22.4 Å². The first-order valence-electron chi connectivity index (χ1n) is 8.43. The number of methoxy groups -OCH3 is 1. The van der Waals surface area contributed by atoms with Crippen LogP contribution in [0.25, 0.3) is 0 Å². The van der Waals surface area contributed by atoms with Crippen molar-refractivity contribution in [3.8, 4) is 5.75 Å². The molecule has 28 heavy (non-hydrogen) atoms. The summed E-state index contributed by atoms with van der Waals surface area (Å²) in [5, 5.41) is 0. The number of ether oxygens (including phenoxy) is 2. The maximum absolute atomic E-state index is 13.2. The molecule has 7 nitrogen and oxygen atoms in total. The quantitative estimate of drug-likeness (QED) is 0.817. The van der Waals surface area contributed by atoms with E-state index >= 15 is 0 Å². The van der Waals surface area contributed by atoms with Gasteiger partial charge >= 0.3 is 6.61 Å². The molecular weight excluding hydrogens is 370 g/mol. The monoisotopic (exact) mass is 390 g/mol. The largest absolute Gasteiger partial charge is 0.435 e. The van der Waals surface area contributed by atoms with Gasteiger partial charge in [0.1, 0.15) is 5.75 Å². The van der Waals surface area contributed by atoms with E-state index in [1.54, 1.807) is 38.4 Å². The van der Waals surface area contributed by atoms with Crippen molar-refractivity contribution in [3.63, 3.8) is 0 Å². The molecule has 1 amide bonds. The summed E-state index contributed by atoms with van der Waals surface area (Å²) in [4.78, 5) is 23.2. The molecule has 0 radical (unpaired) electrons. The van der Waals surface area contributed by atoms with Crippen LogP contribution in [0.5, 0.6) is 5.75 Å². The number of amides is 1. The maximum Gasteiger partial charge on any atom is 0.387 e. The van der Waals surface area contributed by atoms with E-state index in [2.05, 4.69) is 14.7 Å². The molecule has 9 heteroatoms. The Hall–Kier alpha value is -3.07.